The normalized spacial score (nSPS) is 17.7. The Morgan fingerprint density at radius 1 is 1.07 bits per heavy atom. The van der Waals surface area contributed by atoms with Gasteiger partial charge < -0.3 is 15.2 Å². The summed E-state index contributed by atoms with van der Waals surface area (Å²) in [5, 5.41) is 12.8. The average molecular weight is 406 g/mol. The molecule has 2 aromatic rings. The molecule has 0 bridgehead atoms. The molecule has 7 heteroatoms. The molecule has 1 aliphatic carbocycles. The van der Waals surface area contributed by atoms with Crippen LogP contribution in [0.1, 0.15) is 47.2 Å². The Kier molecular flexibility index (Phi) is 5.03. The Balaban J connectivity index is 1.54. The van der Waals surface area contributed by atoms with Crippen molar-refractivity contribution in [2.45, 2.75) is 31.2 Å². The molecule has 154 valence electrons. The zero-order valence-corrected chi connectivity index (χ0v) is 16.6. The summed E-state index contributed by atoms with van der Waals surface area (Å²) >= 11 is 0. The second-order valence-electron chi connectivity index (χ2n) is 7.56. The van der Waals surface area contributed by atoms with E-state index < -0.39 is 5.54 Å². The number of phenolic OH excluding ortho intramolecular Hbond substituents is 1. The van der Waals surface area contributed by atoms with Gasteiger partial charge in [-0.05, 0) is 48.2 Å². The molecule has 4 rings (SSSR count). The first-order valence-corrected chi connectivity index (χ1v) is 9.78. The highest BCUT2D eigenvalue weighted by Crippen LogP contribution is 2.37. The van der Waals surface area contributed by atoms with Crippen molar-refractivity contribution >= 4 is 36.1 Å². The van der Waals surface area contributed by atoms with Gasteiger partial charge in [0.05, 0.1) is 18.4 Å². The van der Waals surface area contributed by atoms with Crippen LogP contribution in [0, 0.1) is 0 Å². The van der Waals surface area contributed by atoms with Gasteiger partial charge in [0.1, 0.15) is 5.54 Å². The largest absolute Gasteiger partial charge is 0.504 e. The van der Waals surface area contributed by atoms with Gasteiger partial charge in [0, 0.05) is 0 Å². The van der Waals surface area contributed by atoms with Gasteiger partial charge in [-0.1, -0.05) is 37.1 Å². The molecule has 1 saturated carbocycles. The first kappa shape index (κ1) is 19.7. The summed E-state index contributed by atoms with van der Waals surface area (Å²) in [6.45, 7) is 0. The number of aldehydes is 1. The number of rotatable bonds is 5. The van der Waals surface area contributed by atoms with Crippen LogP contribution in [-0.4, -0.2) is 36.0 Å². The van der Waals surface area contributed by atoms with Crippen molar-refractivity contribution in [2.24, 2.45) is 0 Å². The predicted octanol–water partition coefficient (Wildman–Crippen LogP) is 3.75. The highest BCUT2D eigenvalue weighted by Gasteiger charge is 2.52. The van der Waals surface area contributed by atoms with Crippen LogP contribution in [0.2, 0.25) is 0 Å². The standard InChI is InChI=1S/C23H22N2O5/c1-30-19-13-16(12-17(14-26)20(19)27)5-4-15-6-8-18(9-7-15)25-21(28)23(24-22(25)29)10-2-3-11-23/h4-9,12-14,27H,2-3,10-11H2,1H3,(H,24,29)/b5-4+. The topological polar surface area (TPSA) is 95.9 Å². The van der Waals surface area contributed by atoms with Gasteiger partial charge in [-0.3, -0.25) is 9.59 Å². The second kappa shape index (κ2) is 7.67. The van der Waals surface area contributed by atoms with E-state index in [0.29, 0.717) is 30.4 Å². The zero-order chi connectivity index (χ0) is 21.3. The van der Waals surface area contributed by atoms with Crippen molar-refractivity contribution in [1.29, 1.82) is 0 Å². The maximum Gasteiger partial charge on any atom is 0.329 e. The molecule has 2 N–H and O–H groups in total. The molecule has 2 aromatic carbocycles. The molecule has 0 atom stereocenters. The van der Waals surface area contributed by atoms with E-state index in [-0.39, 0.29) is 29.0 Å². The monoisotopic (exact) mass is 406 g/mol. The van der Waals surface area contributed by atoms with Crippen LogP contribution in [0.25, 0.3) is 12.2 Å². The molecule has 2 fully saturated rings. The highest BCUT2D eigenvalue weighted by atomic mass is 16.5. The molecule has 3 amide bonds. The third-order valence-corrected chi connectivity index (χ3v) is 5.71. The van der Waals surface area contributed by atoms with Crippen LogP contribution in [0.15, 0.2) is 36.4 Å². The van der Waals surface area contributed by atoms with Crippen LogP contribution >= 0.6 is 0 Å². The second-order valence-corrected chi connectivity index (χ2v) is 7.56. The molecule has 1 spiro atoms. The zero-order valence-electron chi connectivity index (χ0n) is 16.6. The lowest BCUT2D eigenvalue weighted by atomic mass is 9.98. The number of nitrogens with zero attached hydrogens (tertiary/aromatic N) is 1. The number of imide groups is 1. The average Bonchev–Trinajstić information content (AvgIpc) is 3.32. The first-order valence-electron chi connectivity index (χ1n) is 9.78. The SMILES string of the molecule is COc1cc(/C=C/c2ccc(N3C(=O)NC4(CCCC4)C3=O)cc2)cc(C=O)c1O. The number of carbonyl (C=O) groups excluding carboxylic acids is 3. The summed E-state index contributed by atoms with van der Waals surface area (Å²) < 4.78 is 5.09. The molecule has 0 aromatic heterocycles. The number of benzene rings is 2. The van der Waals surface area contributed by atoms with Crippen molar-refractivity contribution in [3.05, 3.63) is 53.1 Å². The number of carbonyl (C=O) groups is 3. The number of methoxy groups -OCH3 is 1. The highest BCUT2D eigenvalue weighted by molar-refractivity contribution is 6.23. The number of amides is 3. The molecular formula is C23H22N2O5. The summed E-state index contributed by atoms with van der Waals surface area (Å²) in [4.78, 5) is 37.6. The summed E-state index contributed by atoms with van der Waals surface area (Å²) in [7, 11) is 1.42. The Morgan fingerprint density at radius 2 is 1.73 bits per heavy atom. The number of phenols is 1. The Morgan fingerprint density at radius 3 is 2.37 bits per heavy atom. The number of hydrogen-bond donors (Lipinski definition) is 2. The number of urea groups is 1. The Labute approximate surface area is 174 Å². The van der Waals surface area contributed by atoms with E-state index >= 15 is 0 Å². The van der Waals surface area contributed by atoms with Gasteiger partial charge in [-0.2, -0.15) is 0 Å². The smallest absolute Gasteiger partial charge is 0.329 e. The van der Waals surface area contributed by atoms with Crippen LogP contribution in [-0.2, 0) is 4.79 Å². The lowest BCUT2D eigenvalue weighted by Gasteiger charge is -2.20. The fourth-order valence-corrected chi connectivity index (χ4v) is 4.09. The third kappa shape index (κ3) is 3.32. The number of aromatic hydroxyl groups is 1. The van der Waals surface area contributed by atoms with Crippen molar-refractivity contribution in [1.82, 2.24) is 5.32 Å². The summed E-state index contributed by atoms with van der Waals surface area (Å²) in [5.41, 5.74) is 1.48. The molecule has 2 aliphatic rings. The minimum Gasteiger partial charge on any atom is -0.504 e. The van der Waals surface area contributed by atoms with Crippen LogP contribution < -0.4 is 15.0 Å². The third-order valence-electron chi connectivity index (χ3n) is 5.71. The molecule has 0 unspecified atom stereocenters. The maximum absolute atomic E-state index is 12.9. The van der Waals surface area contributed by atoms with Gasteiger partial charge >= 0.3 is 6.03 Å². The Bertz CT molecular complexity index is 1040. The van der Waals surface area contributed by atoms with E-state index in [1.807, 2.05) is 18.2 Å². The number of nitrogens with one attached hydrogen (secondary N) is 1. The van der Waals surface area contributed by atoms with Crippen LogP contribution in [0.5, 0.6) is 11.5 Å². The van der Waals surface area contributed by atoms with Crippen molar-refractivity contribution in [3.63, 3.8) is 0 Å². The van der Waals surface area contributed by atoms with Crippen molar-refractivity contribution in [2.75, 3.05) is 12.0 Å². The lowest BCUT2D eigenvalue weighted by molar-refractivity contribution is -0.121. The van der Waals surface area contributed by atoms with E-state index in [4.69, 9.17) is 4.74 Å². The molecule has 30 heavy (non-hydrogen) atoms. The lowest BCUT2D eigenvalue weighted by Crippen LogP contribution is -2.44. The van der Waals surface area contributed by atoms with Gasteiger partial charge in [-0.15, -0.1) is 0 Å². The van der Waals surface area contributed by atoms with E-state index in [9.17, 15) is 19.5 Å². The molecule has 1 saturated heterocycles. The van der Waals surface area contributed by atoms with E-state index in [2.05, 4.69) is 5.32 Å². The molecule has 1 aliphatic heterocycles. The number of hydrogen-bond acceptors (Lipinski definition) is 5. The first-order chi connectivity index (χ1) is 14.5. The Hall–Kier alpha value is -3.61. The van der Waals surface area contributed by atoms with Gasteiger partial charge in [0.2, 0.25) is 0 Å². The maximum atomic E-state index is 12.9. The van der Waals surface area contributed by atoms with E-state index in [1.54, 1.807) is 30.3 Å². The molecular weight excluding hydrogens is 384 g/mol. The minimum atomic E-state index is -0.732. The van der Waals surface area contributed by atoms with Crippen LogP contribution in [0.4, 0.5) is 10.5 Å². The van der Waals surface area contributed by atoms with Crippen LogP contribution in [0.3, 0.4) is 0 Å². The van der Waals surface area contributed by atoms with E-state index in [1.165, 1.54) is 12.0 Å². The van der Waals surface area contributed by atoms with Crippen molar-refractivity contribution < 1.29 is 24.2 Å². The molecule has 7 nitrogen and oxygen atoms in total. The van der Waals surface area contributed by atoms with Gasteiger partial charge in [0.25, 0.3) is 5.91 Å². The number of ether oxygens (including phenoxy) is 1. The van der Waals surface area contributed by atoms with Gasteiger partial charge in [-0.25, -0.2) is 9.69 Å². The summed E-state index contributed by atoms with van der Waals surface area (Å²) in [6, 6.07) is 9.90. The molecule has 0 radical (unpaired) electrons. The number of anilines is 1. The quantitative estimate of drug-likeness (QED) is 0.448. The predicted molar refractivity (Wildman–Crippen MR) is 113 cm³/mol. The van der Waals surface area contributed by atoms with Gasteiger partial charge in [0.15, 0.2) is 17.8 Å². The fraction of sp³-hybridized carbons (Fsp3) is 0.261. The van der Waals surface area contributed by atoms with Crippen molar-refractivity contribution in [3.8, 4) is 11.5 Å². The molecule has 1 heterocycles. The van der Waals surface area contributed by atoms with E-state index in [0.717, 1.165) is 18.4 Å². The summed E-state index contributed by atoms with van der Waals surface area (Å²) in [6.07, 6.45) is 7.44. The fourth-order valence-electron chi connectivity index (χ4n) is 4.09. The summed E-state index contributed by atoms with van der Waals surface area (Å²) in [5.74, 6) is -0.150. The minimum absolute atomic E-state index is 0.142.